The van der Waals surface area contributed by atoms with Gasteiger partial charge in [-0.1, -0.05) is 19.1 Å². The molecule has 0 spiro atoms. The maximum atomic E-state index is 12.9. The van der Waals surface area contributed by atoms with Gasteiger partial charge in [0.25, 0.3) is 0 Å². The molecular formula is C26H26N2O4S3. The molecule has 2 heterocycles. The van der Waals surface area contributed by atoms with Crippen LogP contribution in [0.4, 0.5) is 5.00 Å². The fourth-order valence-corrected chi connectivity index (χ4v) is 8.14. The van der Waals surface area contributed by atoms with Gasteiger partial charge >= 0.3 is 0 Å². The van der Waals surface area contributed by atoms with E-state index in [1.54, 1.807) is 34.8 Å². The van der Waals surface area contributed by atoms with Crippen LogP contribution in [0.3, 0.4) is 0 Å². The van der Waals surface area contributed by atoms with E-state index in [1.807, 2.05) is 18.2 Å². The van der Waals surface area contributed by atoms with E-state index >= 15 is 0 Å². The predicted molar refractivity (Wildman–Crippen MR) is 142 cm³/mol. The van der Waals surface area contributed by atoms with Crippen molar-refractivity contribution in [2.24, 2.45) is 5.92 Å². The number of hydrogen-bond donors (Lipinski definition) is 1. The summed E-state index contributed by atoms with van der Waals surface area (Å²) in [6, 6.07) is 14.3. The van der Waals surface area contributed by atoms with Gasteiger partial charge in [0.1, 0.15) is 15.8 Å². The SMILES string of the molecule is COc1ccc(S(=O)(=O)CCC(=O)Nc2sc3c(c2-c2nc4ccccc4s2)CCC(C)C3)cc1. The third-order valence-corrected chi connectivity index (χ3v) is 10.2. The molecule has 1 aliphatic rings. The smallest absolute Gasteiger partial charge is 0.226 e. The first-order chi connectivity index (χ1) is 16.8. The highest BCUT2D eigenvalue weighted by molar-refractivity contribution is 7.91. The van der Waals surface area contributed by atoms with Gasteiger partial charge in [0.15, 0.2) is 9.84 Å². The van der Waals surface area contributed by atoms with Gasteiger partial charge in [-0.3, -0.25) is 4.79 Å². The minimum Gasteiger partial charge on any atom is -0.497 e. The van der Waals surface area contributed by atoms with Crippen LogP contribution in [-0.2, 0) is 27.5 Å². The zero-order valence-corrected chi connectivity index (χ0v) is 22.0. The maximum Gasteiger partial charge on any atom is 0.226 e. The number of thiazole rings is 1. The van der Waals surface area contributed by atoms with E-state index in [9.17, 15) is 13.2 Å². The number of nitrogens with zero attached hydrogens (tertiary/aromatic N) is 1. The zero-order chi connectivity index (χ0) is 24.6. The van der Waals surface area contributed by atoms with Crippen molar-refractivity contribution in [1.29, 1.82) is 0 Å². The van der Waals surface area contributed by atoms with Crippen molar-refractivity contribution in [3.8, 4) is 16.3 Å². The van der Waals surface area contributed by atoms with Crippen LogP contribution in [0, 0.1) is 5.92 Å². The molecule has 4 aromatic rings. The lowest BCUT2D eigenvalue weighted by atomic mass is 9.88. The molecule has 0 fully saturated rings. The number of methoxy groups -OCH3 is 1. The number of carbonyl (C=O) groups excluding carboxylic acids is 1. The highest BCUT2D eigenvalue weighted by Crippen LogP contribution is 2.47. The number of fused-ring (bicyclic) bond motifs is 2. The van der Waals surface area contributed by atoms with E-state index in [1.165, 1.54) is 29.7 Å². The normalized spacial score (nSPS) is 15.7. The Kier molecular flexibility index (Phi) is 6.65. The number of thiophene rings is 1. The molecule has 2 aromatic heterocycles. The van der Waals surface area contributed by atoms with Gasteiger partial charge < -0.3 is 10.1 Å². The topological polar surface area (TPSA) is 85.4 Å². The average molecular weight is 527 g/mol. The second kappa shape index (κ2) is 9.72. The Morgan fingerprint density at radius 1 is 1.14 bits per heavy atom. The fourth-order valence-electron chi connectivity index (χ4n) is 4.36. The van der Waals surface area contributed by atoms with Crippen molar-refractivity contribution >= 4 is 53.6 Å². The number of amides is 1. The molecule has 35 heavy (non-hydrogen) atoms. The summed E-state index contributed by atoms with van der Waals surface area (Å²) in [5.74, 6) is 0.614. The first-order valence-electron chi connectivity index (χ1n) is 11.5. The Morgan fingerprint density at radius 2 is 1.91 bits per heavy atom. The quantitative estimate of drug-likeness (QED) is 0.321. The number of ether oxygens (including phenoxy) is 1. The summed E-state index contributed by atoms with van der Waals surface area (Å²) in [5, 5.41) is 4.70. The van der Waals surface area contributed by atoms with E-state index < -0.39 is 9.84 Å². The summed E-state index contributed by atoms with van der Waals surface area (Å²) in [6.45, 7) is 2.25. The second-order valence-electron chi connectivity index (χ2n) is 8.84. The number of nitrogens with one attached hydrogen (secondary N) is 1. The monoisotopic (exact) mass is 526 g/mol. The highest BCUT2D eigenvalue weighted by atomic mass is 32.2. The summed E-state index contributed by atoms with van der Waals surface area (Å²) in [5.41, 5.74) is 3.22. The maximum absolute atomic E-state index is 12.9. The Hall–Kier alpha value is -2.75. The zero-order valence-electron chi connectivity index (χ0n) is 19.5. The summed E-state index contributed by atoms with van der Waals surface area (Å²) < 4.78 is 31.7. The number of para-hydroxylation sites is 1. The largest absolute Gasteiger partial charge is 0.497 e. The molecule has 182 valence electrons. The Morgan fingerprint density at radius 3 is 2.66 bits per heavy atom. The minimum absolute atomic E-state index is 0.118. The van der Waals surface area contributed by atoms with Crippen LogP contribution in [0.25, 0.3) is 20.8 Å². The predicted octanol–water partition coefficient (Wildman–Crippen LogP) is 5.96. The first-order valence-corrected chi connectivity index (χ1v) is 14.8. The molecule has 1 unspecified atom stereocenters. The third-order valence-electron chi connectivity index (χ3n) is 6.29. The number of carbonyl (C=O) groups is 1. The van der Waals surface area contributed by atoms with Crippen molar-refractivity contribution < 1.29 is 17.9 Å². The number of rotatable bonds is 7. The van der Waals surface area contributed by atoms with Crippen molar-refractivity contribution in [3.63, 3.8) is 0 Å². The molecule has 5 rings (SSSR count). The molecule has 1 N–H and O–H groups in total. The van der Waals surface area contributed by atoms with Gasteiger partial charge in [0.05, 0.1) is 28.0 Å². The molecule has 0 bridgehead atoms. The average Bonchev–Trinajstić information content (AvgIpc) is 3.43. The summed E-state index contributed by atoms with van der Waals surface area (Å²) in [7, 11) is -2.06. The van der Waals surface area contributed by atoms with Gasteiger partial charge in [0.2, 0.25) is 5.91 Å². The Bertz CT molecular complexity index is 1450. The van der Waals surface area contributed by atoms with Gasteiger partial charge in [-0.05, 0) is 67.1 Å². The third kappa shape index (κ3) is 4.98. The molecule has 1 amide bonds. The molecule has 9 heteroatoms. The lowest BCUT2D eigenvalue weighted by Gasteiger charge is -2.18. The summed E-state index contributed by atoms with van der Waals surface area (Å²) in [6.07, 6.45) is 2.93. The number of benzene rings is 2. The second-order valence-corrected chi connectivity index (χ2v) is 13.1. The molecule has 0 radical (unpaired) electrons. The summed E-state index contributed by atoms with van der Waals surface area (Å²) in [4.78, 5) is 19.2. The van der Waals surface area contributed by atoms with Crippen LogP contribution in [0.1, 0.15) is 30.2 Å². The van der Waals surface area contributed by atoms with Gasteiger partial charge in [-0.2, -0.15) is 0 Å². The lowest BCUT2D eigenvalue weighted by Crippen LogP contribution is -2.17. The van der Waals surface area contributed by atoms with E-state index in [-0.39, 0.29) is 23.0 Å². The van der Waals surface area contributed by atoms with Crippen LogP contribution < -0.4 is 10.1 Å². The van der Waals surface area contributed by atoms with E-state index in [0.29, 0.717) is 11.7 Å². The number of anilines is 1. The van der Waals surface area contributed by atoms with Crippen molar-refractivity contribution in [1.82, 2.24) is 4.98 Å². The van der Waals surface area contributed by atoms with Crippen molar-refractivity contribution in [3.05, 3.63) is 59.0 Å². The molecule has 1 aliphatic carbocycles. The van der Waals surface area contributed by atoms with Crippen LogP contribution in [0.5, 0.6) is 5.75 Å². The summed E-state index contributed by atoms with van der Waals surface area (Å²) >= 11 is 3.23. The minimum atomic E-state index is -3.59. The fraction of sp³-hybridized carbons (Fsp3) is 0.308. The number of aromatic nitrogens is 1. The van der Waals surface area contributed by atoms with E-state index in [0.717, 1.165) is 45.1 Å². The van der Waals surface area contributed by atoms with E-state index in [2.05, 4.69) is 18.3 Å². The van der Waals surface area contributed by atoms with Crippen molar-refractivity contribution in [2.45, 2.75) is 37.5 Å². The van der Waals surface area contributed by atoms with Crippen LogP contribution in [0.2, 0.25) is 0 Å². The Balaban J connectivity index is 1.39. The van der Waals surface area contributed by atoms with Crippen LogP contribution >= 0.6 is 22.7 Å². The van der Waals surface area contributed by atoms with Crippen molar-refractivity contribution in [2.75, 3.05) is 18.2 Å². The molecular weight excluding hydrogens is 500 g/mol. The molecule has 0 saturated heterocycles. The molecule has 0 aliphatic heterocycles. The highest BCUT2D eigenvalue weighted by Gasteiger charge is 2.27. The molecule has 2 aromatic carbocycles. The molecule has 1 atom stereocenters. The Labute approximate surface area is 212 Å². The van der Waals surface area contributed by atoms with Crippen LogP contribution in [-0.4, -0.2) is 32.2 Å². The number of sulfone groups is 1. The first kappa shape index (κ1) is 24.0. The van der Waals surface area contributed by atoms with Crippen LogP contribution in [0.15, 0.2) is 53.4 Å². The number of hydrogen-bond acceptors (Lipinski definition) is 7. The van der Waals surface area contributed by atoms with Gasteiger partial charge in [0, 0.05) is 16.9 Å². The van der Waals surface area contributed by atoms with E-state index in [4.69, 9.17) is 9.72 Å². The van der Waals surface area contributed by atoms with Gasteiger partial charge in [-0.15, -0.1) is 22.7 Å². The molecule has 6 nitrogen and oxygen atoms in total. The molecule has 0 saturated carbocycles. The standard InChI is InChI=1S/C26H26N2O4S3/c1-16-7-12-19-22(15-16)34-26(24(19)25-27-20-5-3-4-6-21(20)33-25)28-23(29)13-14-35(30,31)18-10-8-17(32-2)9-11-18/h3-6,8-11,16H,7,12-15H2,1-2H3,(H,28,29). The van der Waals surface area contributed by atoms with Gasteiger partial charge in [-0.25, -0.2) is 13.4 Å². The lowest BCUT2D eigenvalue weighted by molar-refractivity contribution is -0.115.